The van der Waals surface area contributed by atoms with Gasteiger partial charge in [-0.05, 0) is 12.1 Å². The Bertz CT molecular complexity index is 768. The molecule has 6 nitrogen and oxygen atoms in total. The molecule has 6 heteroatoms. The molecule has 1 aromatic heterocycles. The third-order valence-electron chi connectivity index (χ3n) is 2.83. The fourth-order valence-corrected chi connectivity index (χ4v) is 1.70. The van der Waals surface area contributed by atoms with E-state index >= 15 is 0 Å². The normalized spacial score (nSPS) is 10.0. The van der Waals surface area contributed by atoms with Gasteiger partial charge >= 0.3 is 11.1 Å². The summed E-state index contributed by atoms with van der Waals surface area (Å²) in [4.78, 5) is 23.1. The lowest BCUT2D eigenvalue weighted by Crippen LogP contribution is -2.40. The van der Waals surface area contributed by atoms with Crippen LogP contribution < -0.4 is 15.9 Å². The Hall–Kier alpha value is -2.81. The number of rotatable bonds is 4. The summed E-state index contributed by atoms with van der Waals surface area (Å²) in [6, 6.07) is 8.88. The highest BCUT2D eigenvalue weighted by Crippen LogP contribution is 2.16. The number of benzene rings is 1. The van der Waals surface area contributed by atoms with Gasteiger partial charge in [0.2, 0.25) is 0 Å². The Balaban J connectivity index is 2.08. The maximum absolute atomic E-state index is 11.7. The van der Waals surface area contributed by atoms with Gasteiger partial charge in [0.25, 0.3) is 0 Å². The van der Waals surface area contributed by atoms with Crippen molar-refractivity contribution in [3.05, 3.63) is 62.9 Å². The molecule has 0 N–H and O–H groups in total. The van der Waals surface area contributed by atoms with Crippen molar-refractivity contribution in [3.8, 4) is 11.8 Å². The molecule has 0 saturated heterocycles. The van der Waals surface area contributed by atoms with Crippen molar-refractivity contribution < 1.29 is 4.74 Å². The van der Waals surface area contributed by atoms with Gasteiger partial charge < -0.3 is 13.9 Å². The molecule has 0 saturated carbocycles. The van der Waals surface area contributed by atoms with E-state index in [1.807, 2.05) is 6.07 Å². The molecule has 0 spiro atoms. The third kappa shape index (κ3) is 2.78. The van der Waals surface area contributed by atoms with Crippen LogP contribution in [0, 0.1) is 11.3 Å². The first-order chi connectivity index (χ1) is 9.63. The second kappa shape index (κ2) is 5.89. The molecule has 0 unspecified atom stereocenters. The number of nitrogens with zero attached hydrogens (tertiary/aromatic N) is 3. The van der Waals surface area contributed by atoms with Gasteiger partial charge in [-0.15, -0.1) is 0 Å². The maximum Gasteiger partial charge on any atom is 0.316 e. The van der Waals surface area contributed by atoms with Gasteiger partial charge in [-0.25, -0.2) is 0 Å². The Morgan fingerprint density at radius 1 is 1.20 bits per heavy atom. The van der Waals surface area contributed by atoms with Gasteiger partial charge in [0.15, 0.2) is 0 Å². The molecule has 2 rings (SSSR count). The third-order valence-corrected chi connectivity index (χ3v) is 2.83. The minimum Gasteiger partial charge on any atom is -0.490 e. The lowest BCUT2D eigenvalue weighted by Gasteiger charge is -2.09. The molecule has 0 fully saturated rings. The van der Waals surface area contributed by atoms with Crippen LogP contribution in [0.15, 0.2) is 46.2 Å². The highest BCUT2D eigenvalue weighted by atomic mass is 16.5. The van der Waals surface area contributed by atoms with E-state index in [9.17, 15) is 9.59 Å². The van der Waals surface area contributed by atoms with E-state index in [4.69, 9.17) is 10.00 Å². The van der Waals surface area contributed by atoms with Crippen molar-refractivity contribution in [1.82, 2.24) is 9.13 Å². The molecule has 102 valence electrons. The number of aromatic nitrogens is 2. The van der Waals surface area contributed by atoms with Crippen LogP contribution in [-0.2, 0) is 13.6 Å². The Morgan fingerprint density at radius 2 is 1.95 bits per heavy atom. The number of aryl methyl sites for hydroxylation is 1. The summed E-state index contributed by atoms with van der Waals surface area (Å²) in [5, 5.41) is 8.92. The molecule has 0 amide bonds. The monoisotopic (exact) mass is 271 g/mol. The van der Waals surface area contributed by atoms with E-state index in [0.29, 0.717) is 11.3 Å². The highest BCUT2D eigenvalue weighted by molar-refractivity contribution is 5.42. The van der Waals surface area contributed by atoms with E-state index in [1.165, 1.54) is 28.6 Å². The Morgan fingerprint density at radius 3 is 2.70 bits per heavy atom. The predicted octanol–water partition coefficient (Wildman–Crippen LogP) is 0.498. The molecule has 0 bridgehead atoms. The number of ether oxygens (including phenoxy) is 1. The summed E-state index contributed by atoms with van der Waals surface area (Å²) in [7, 11) is 1.52. The zero-order chi connectivity index (χ0) is 14.5. The van der Waals surface area contributed by atoms with Gasteiger partial charge in [0, 0.05) is 19.4 Å². The summed E-state index contributed by atoms with van der Waals surface area (Å²) in [5.74, 6) is 0.465. The number of nitriles is 1. The van der Waals surface area contributed by atoms with Crippen molar-refractivity contribution in [2.75, 3.05) is 6.61 Å². The van der Waals surface area contributed by atoms with Crippen molar-refractivity contribution in [2.45, 2.75) is 6.54 Å². The van der Waals surface area contributed by atoms with Gasteiger partial charge in [0.05, 0.1) is 12.1 Å². The first-order valence-corrected chi connectivity index (χ1v) is 6.01. The quantitative estimate of drug-likeness (QED) is 0.759. The van der Waals surface area contributed by atoms with Crippen LogP contribution in [0.1, 0.15) is 5.56 Å². The molecule has 20 heavy (non-hydrogen) atoms. The van der Waals surface area contributed by atoms with Crippen molar-refractivity contribution in [3.63, 3.8) is 0 Å². The summed E-state index contributed by atoms with van der Waals surface area (Å²) in [6.07, 6.45) is 3.05. The number of hydrogen-bond donors (Lipinski definition) is 0. The standard InChI is InChI=1S/C14H13N3O3/c1-16-6-7-17(14(19)13(16)18)8-9-20-12-5-3-2-4-11(12)10-15/h2-7H,8-9H2,1H3. The molecular weight excluding hydrogens is 258 g/mol. The topological polar surface area (TPSA) is 77.0 Å². The lowest BCUT2D eigenvalue weighted by molar-refractivity contribution is 0.294. The van der Waals surface area contributed by atoms with Crippen LogP contribution in [0.5, 0.6) is 5.75 Å². The van der Waals surface area contributed by atoms with Crippen LogP contribution in [0.3, 0.4) is 0 Å². The summed E-state index contributed by atoms with van der Waals surface area (Å²) >= 11 is 0. The van der Waals surface area contributed by atoms with E-state index < -0.39 is 11.1 Å². The van der Waals surface area contributed by atoms with Gasteiger partial charge in [-0.1, -0.05) is 12.1 Å². The first kappa shape index (κ1) is 13.6. The smallest absolute Gasteiger partial charge is 0.316 e. The molecule has 0 atom stereocenters. The summed E-state index contributed by atoms with van der Waals surface area (Å²) in [6.45, 7) is 0.445. The van der Waals surface area contributed by atoms with E-state index in [-0.39, 0.29) is 13.2 Å². The molecule has 1 heterocycles. The molecule has 0 radical (unpaired) electrons. The lowest BCUT2D eigenvalue weighted by atomic mass is 10.2. The fraction of sp³-hybridized carbons (Fsp3) is 0.214. The molecule has 0 aliphatic carbocycles. The van der Waals surface area contributed by atoms with Crippen LogP contribution in [0.25, 0.3) is 0 Å². The van der Waals surface area contributed by atoms with E-state index in [2.05, 4.69) is 0 Å². The Labute approximate surface area is 115 Å². The maximum atomic E-state index is 11.7. The van der Waals surface area contributed by atoms with E-state index in [1.54, 1.807) is 24.3 Å². The van der Waals surface area contributed by atoms with Crippen molar-refractivity contribution in [1.29, 1.82) is 5.26 Å². The molecule has 2 aromatic rings. The zero-order valence-corrected chi connectivity index (χ0v) is 10.9. The summed E-state index contributed by atoms with van der Waals surface area (Å²) in [5.41, 5.74) is -0.735. The average Bonchev–Trinajstić information content (AvgIpc) is 2.47. The second-order valence-electron chi connectivity index (χ2n) is 4.17. The average molecular weight is 271 g/mol. The predicted molar refractivity (Wildman–Crippen MR) is 72.6 cm³/mol. The second-order valence-corrected chi connectivity index (χ2v) is 4.17. The summed E-state index contributed by atoms with van der Waals surface area (Å²) < 4.78 is 7.98. The van der Waals surface area contributed by atoms with Crippen molar-refractivity contribution in [2.24, 2.45) is 7.05 Å². The number of para-hydroxylation sites is 1. The molecule has 0 aliphatic rings. The van der Waals surface area contributed by atoms with Crippen molar-refractivity contribution >= 4 is 0 Å². The molecular formula is C14H13N3O3. The minimum atomic E-state index is -0.591. The van der Waals surface area contributed by atoms with Gasteiger partial charge in [0.1, 0.15) is 18.4 Å². The number of hydrogen-bond acceptors (Lipinski definition) is 4. The molecule has 0 aliphatic heterocycles. The fourth-order valence-electron chi connectivity index (χ4n) is 1.70. The van der Waals surface area contributed by atoms with Crippen LogP contribution in [-0.4, -0.2) is 15.7 Å². The Kier molecular flexibility index (Phi) is 4.01. The van der Waals surface area contributed by atoms with Crippen LogP contribution in [0.4, 0.5) is 0 Å². The highest BCUT2D eigenvalue weighted by Gasteiger charge is 2.04. The van der Waals surface area contributed by atoms with Gasteiger partial charge in [-0.2, -0.15) is 5.26 Å². The largest absolute Gasteiger partial charge is 0.490 e. The SMILES string of the molecule is Cn1ccn(CCOc2ccccc2C#N)c(=O)c1=O. The minimum absolute atomic E-state index is 0.200. The molecule has 1 aromatic carbocycles. The van der Waals surface area contributed by atoms with E-state index in [0.717, 1.165) is 0 Å². The van der Waals surface area contributed by atoms with Crippen LogP contribution >= 0.6 is 0 Å². The zero-order valence-electron chi connectivity index (χ0n) is 10.9. The first-order valence-electron chi connectivity index (χ1n) is 6.01. The van der Waals surface area contributed by atoms with Crippen LogP contribution in [0.2, 0.25) is 0 Å². The van der Waals surface area contributed by atoms with Gasteiger partial charge in [-0.3, -0.25) is 9.59 Å².